The molecule has 0 radical (unpaired) electrons. The molecule has 20 N–H and O–H groups in total. The highest BCUT2D eigenvalue weighted by atomic mass is 28.3. The van der Waals surface area contributed by atoms with Gasteiger partial charge in [-0.25, -0.2) is 19.2 Å². The largest absolute Gasteiger partial charge is 0.464 e. The fraction of sp³-hybridized carbons (Fsp3) is 0.662. The Balaban J connectivity index is 2.62. The van der Waals surface area contributed by atoms with Crippen LogP contribution in [0.4, 0.5) is 9.59 Å². The number of ether oxygens (including phenoxy) is 5. The summed E-state index contributed by atoms with van der Waals surface area (Å²) in [6.45, 7) is 31.8. The van der Waals surface area contributed by atoms with Gasteiger partial charge in [-0.15, -0.1) is 0 Å². The number of aliphatic hydroxyl groups excluding tert-OH is 3. The number of amides is 12. The average molecular weight is 1690 g/mol. The lowest BCUT2D eigenvalue weighted by molar-refractivity contribution is -0.165. The van der Waals surface area contributed by atoms with Crippen LogP contribution in [0.1, 0.15) is 173 Å². The van der Waals surface area contributed by atoms with Crippen LogP contribution in [-0.2, 0) is 87.8 Å². The second kappa shape index (κ2) is 50.0. The Kier molecular flexibility index (Phi) is 44.1. The molecule has 0 heterocycles. The third-order valence-electron chi connectivity index (χ3n) is 17.9. The number of guanidine groups is 1. The quantitative estimate of drug-likeness (QED) is 0.0112. The SMILES string of the molecule is CC[C@H](C)[C@H](NC(=O)[C@@H](CCCNC(=N)N)NC(=O)[C@H](CC(C)C)NC(=O)[C@@H](NC(=O)OC(C)(C)C)[C@H](O)C(C)C)C(=O)N[C@H](C(=O)NCC(=O)N[C@H](C(=O)NC(COC(C)(C)C)C(=O)O[C@H](c1ccccc1)[C@H](NC(=O)[C@H](CC(C)C)NC(=O)[C@@H](CC(C)C)NC(=O)OCc1ccccc1)C(=O)OCC[Si](C)(C)C)[C@H](O)C(N)=O)[C@H](C)O. The number of esters is 2. The molecule has 2 aromatic rings. The van der Waals surface area contributed by atoms with E-state index in [0.29, 0.717) is 11.6 Å². The molecule has 664 valence electrons. The van der Waals surface area contributed by atoms with E-state index in [1.807, 2.05) is 33.5 Å². The number of carbonyl (C=O) groups excluding carboxylic acids is 14. The number of rotatable bonds is 49. The molecule has 38 heteroatoms. The van der Waals surface area contributed by atoms with Crippen LogP contribution in [-0.4, -0.2) is 229 Å². The van der Waals surface area contributed by atoms with Crippen molar-refractivity contribution in [3.63, 3.8) is 0 Å². The summed E-state index contributed by atoms with van der Waals surface area (Å²) >= 11 is 0. The van der Waals surface area contributed by atoms with Gasteiger partial charge in [0.05, 0.1) is 37.6 Å². The number of aliphatic hydroxyl groups is 3. The van der Waals surface area contributed by atoms with Crippen molar-refractivity contribution in [3.8, 4) is 0 Å². The zero-order chi connectivity index (χ0) is 89.9. The Morgan fingerprint density at radius 2 is 0.975 bits per heavy atom. The maximum Gasteiger partial charge on any atom is 0.408 e. The van der Waals surface area contributed by atoms with Crippen LogP contribution in [0.2, 0.25) is 25.7 Å². The first-order valence-corrected chi connectivity index (χ1v) is 43.6. The van der Waals surface area contributed by atoms with Gasteiger partial charge in [0.25, 0.3) is 0 Å². The van der Waals surface area contributed by atoms with Crippen LogP contribution in [0.3, 0.4) is 0 Å². The average Bonchev–Trinajstić information content (AvgIpc) is 0.820. The van der Waals surface area contributed by atoms with Gasteiger partial charge in [-0.2, -0.15) is 0 Å². The summed E-state index contributed by atoms with van der Waals surface area (Å²) < 4.78 is 28.7. The predicted octanol–water partition coefficient (Wildman–Crippen LogP) is 1.84. The van der Waals surface area contributed by atoms with Crippen LogP contribution in [0.5, 0.6) is 0 Å². The van der Waals surface area contributed by atoms with E-state index in [9.17, 15) is 77.6 Å². The molecule has 0 aliphatic carbocycles. The van der Waals surface area contributed by atoms with Crippen LogP contribution < -0.4 is 75.3 Å². The molecule has 1 unspecified atom stereocenters. The third kappa shape index (κ3) is 39.9. The lowest BCUT2D eigenvalue weighted by Gasteiger charge is -2.32. The number of hydrogen-bond donors (Lipinski definition) is 18. The second-order valence-electron chi connectivity index (χ2n) is 34.1. The second-order valence-corrected chi connectivity index (χ2v) is 39.7. The van der Waals surface area contributed by atoms with Crippen molar-refractivity contribution in [1.82, 2.24) is 63.8 Å². The Bertz CT molecular complexity index is 3630. The number of alkyl carbamates (subject to hydrolysis) is 2. The summed E-state index contributed by atoms with van der Waals surface area (Å²) in [5.74, 6) is -16.1. The minimum Gasteiger partial charge on any atom is -0.464 e. The van der Waals surface area contributed by atoms with Crippen molar-refractivity contribution < 1.29 is 106 Å². The van der Waals surface area contributed by atoms with E-state index in [1.54, 1.807) is 133 Å². The predicted molar refractivity (Wildman–Crippen MR) is 440 cm³/mol. The van der Waals surface area contributed by atoms with Gasteiger partial charge in [0.2, 0.25) is 59.1 Å². The van der Waals surface area contributed by atoms with Gasteiger partial charge in [0, 0.05) is 14.6 Å². The van der Waals surface area contributed by atoms with Gasteiger partial charge in [-0.3, -0.25) is 53.4 Å². The molecule has 0 aliphatic rings. The zero-order valence-corrected chi connectivity index (χ0v) is 73.0. The fourth-order valence-electron chi connectivity index (χ4n) is 11.3. The van der Waals surface area contributed by atoms with E-state index in [1.165, 1.54) is 24.3 Å². The number of benzene rings is 2. The minimum absolute atomic E-state index is 0.0216. The van der Waals surface area contributed by atoms with E-state index >= 15 is 4.79 Å². The molecule has 0 aliphatic heterocycles. The van der Waals surface area contributed by atoms with Crippen molar-refractivity contribution in [3.05, 3.63) is 71.8 Å². The molecule has 2 rings (SSSR count). The summed E-state index contributed by atoms with van der Waals surface area (Å²) in [7, 11) is -1.93. The fourth-order valence-corrected chi connectivity index (χ4v) is 12.0. The molecular weight excluding hydrogens is 1550 g/mol. The molecule has 0 saturated carbocycles. The highest BCUT2D eigenvalue weighted by Gasteiger charge is 2.44. The van der Waals surface area contributed by atoms with Gasteiger partial charge in [0.15, 0.2) is 30.3 Å². The summed E-state index contributed by atoms with van der Waals surface area (Å²) in [6, 6.07) is 0.0267. The maximum absolute atomic E-state index is 15.0. The van der Waals surface area contributed by atoms with Crippen LogP contribution in [0, 0.1) is 35.0 Å². The molecule has 0 spiro atoms. The molecule has 0 saturated heterocycles. The first-order valence-electron chi connectivity index (χ1n) is 39.9. The van der Waals surface area contributed by atoms with Gasteiger partial charge in [0.1, 0.15) is 60.5 Å². The lowest BCUT2D eigenvalue weighted by Crippen LogP contribution is -2.62. The Labute approximate surface area is 693 Å². The van der Waals surface area contributed by atoms with E-state index in [4.69, 9.17) is 40.6 Å². The first-order chi connectivity index (χ1) is 54.7. The number of hydrogen-bond acceptors (Lipinski definition) is 23. The molecule has 37 nitrogen and oxygen atoms in total. The molecular formula is C80H133N15O22Si. The van der Waals surface area contributed by atoms with E-state index in [-0.39, 0.29) is 81.6 Å². The molecule has 0 bridgehead atoms. The van der Waals surface area contributed by atoms with E-state index in [0.717, 1.165) is 6.92 Å². The van der Waals surface area contributed by atoms with Crippen LogP contribution in [0.25, 0.3) is 0 Å². The summed E-state index contributed by atoms with van der Waals surface area (Å²) in [6.07, 6.45) is -9.37. The Morgan fingerprint density at radius 1 is 0.500 bits per heavy atom. The number of carbonyl (C=O) groups is 14. The topological polar surface area (TPSA) is 566 Å². The van der Waals surface area contributed by atoms with Crippen molar-refractivity contribution in [2.75, 3.05) is 26.3 Å². The smallest absolute Gasteiger partial charge is 0.408 e. The van der Waals surface area contributed by atoms with Gasteiger partial charge < -0.3 is 114 Å². The third-order valence-corrected chi connectivity index (χ3v) is 19.6. The van der Waals surface area contributed by atoms with Gasteiger partial charge in [-0.1, -0.05) is 156 Å². The van der Waals surface area contributed by atoms with E-state index in [2.05, 4.69) is 63.8 Å². The van der Waals surface area contributed by atoms with Crippen LogP contribution >= 0.6 is 0 Å². The molecule has 15 atom stereocenters. The molecule has 0 fully saturated rings. The molecule has 2 aromatic carbocycles. The molecule has 12 amide bonds. The van der Waals surface area contributed by atoms with Crippen molar-refractivity contribution in [1.29, 1.82) is 5.41 Å². The van der Waals surface area contributed by atoms with Crippen molar-refractivity contribution >= 4 is 97.2 Å². The number of primary amides is 1. The van der Waals surface area contributed by atoms with Crippen molar-refractivity contribution in [2.24, 2.45) is 41.1 Å². The van der Waals surface area contributed by atoms with Gasteiger partial charge in [-0.05, 0) is 127 Å². The summed E-state index contributed by atoms with van der Waals surface area (Å²) in [5.41, 5.74) is 9.72. The summed E-state index contributed by atoms with van der Waals surface area (Å²) in [4.78, 5) is 198. The van der Waals surface area contributed by atoms with E-state index < -0.39 is 218 Å². The zero-order valence-electron chi connectivity index (χ0n) is 72.0. The standard InChI is InChI=1S/C80H133N15O22Si/c1-21-47(10)57(92-66(101)51(33-28-34-84-76(82)83)86-67(102)52(37-43(2)3)88-72(107)59(62(98)46(8)9)95-78(112)117-80(15,16)17)71(106)93-58(48(11)96)70(105)85-40-56(97)91-60(63(99)65(81)100)73(108)89-55(42-115-79(12,13)14)74(109)116-64(50-31-26-23-27-32-50)61(75(110)113-35-36-118(18,19)20)94-69(104)53(38-44(4)5)87-68(103)54(39-45(6)7)90-77(111)114-41-49-29-24-22-25-30-49/h22-27,29-32,43-48,51-55,57-64,96,98-99H,21,28,33-42H2,1-20H3,(H2,81,100)(H,85,105)(H,86,102)(H,87,103)(H,88,107)(H,89,108)(H,90,111)(H,91,97)(H,92,101)(H,93,106)(H,94,104)(H,95,112)(H4,82,83,84)/t47-,48-,51+,52-,53-,54+,55?,57-,58-,59-,60-,61-,62+,63-,64+/m0/s1. The number of nitrogens with two attached hydrogens (primary N) is 2. The van der Waals surface area contributed by atoms with Crippen LogP contribution in [0.15, 0.2) is 60.7 Å². The highest BCUT2D eigenvalue weighted by molar-refractivity contribution is 6.76. The Hall–Kier alpha value is -10.1. The Morgan fingerprint density at radius 3 is 1.47 bits per heavy atom. The first kappa shape index (κ1) is 104. The minimum atomic E-state index is -2.58. The maximum atomic E-state index is 15.0. The molecule has 0 aromatic heterocycles. The lowest BCUT2D eigenvalue weighted by atomic mass is 9.96. The normalized spacial score (nSPS) is 15.6. The highest BCUT2D eigenvalue weighted by Crippen LogP contribution is 2.26. The molecule has 118 heavy (non-hydrogen) atoms. The van der Waals surface area contributed by atoms with Crippen molar-refractivity contribution in [2.45, 2.75) is 285 Å². The summed E-state index contributed by atoms with van der Waals surface area (Å²) in [5, 5.41) is 70.8. The number of nitrogens with one attached hydrogen (secondary N) is 13. The van der Waals surface area contributed by atoms with Gasteiger partial charge >= 0.3 is 24.1 Å². The monoisotopic (exact) mass is 1680 g/mol.